The third kappa shape index (κ3) is 3.63. The highest BCUT2D eigenvalue weighted by Crippen LogP contribution is 2.30. The molecule has 120 valence electrons. The van der Waals surface area contributed by atoms with Crippen LogP contribution in [-0.2, 0) is 4.79 Å². The van der Waals surface area contributed by atoms with Gasteiger partial charge in [0.1, 0.15) is 6.61 Å². The second kappa shape index (κ2) is 6.87. The van der Waals surface area contributed by atoms with E-state index in [1.165, 1.54) is 6.26 Å². The van der Waals surface area contributed by atoms with Crippen molar-refractivity contribution in [3.63, 3.8) is 0 Å². The van der Waals surface area contributed by atoms with Crippen LogP contribution < -0.4 is 20.1 Å². The van der Waals surface area contributed by atoms with Gasteiger partial charge in [0.2, 0.25) is 6.10 Å². The number of ether oxygens (including phenoxy) is 2. The first-order valence-corrected chi connectivity index (χ1v) is 7.22. The van der Waals surface area contributed by atoms with Crippen molar-refractivity contribution in [2.24, 2.45) is 0 Å². The smallest absolute Gasteiger partial charge is 0.287 e. The fourth-order valence-electron chi connectivity index (χ4n) is 2.12. The number of para-hydroxylation sites is 2. The molecule has 1 atom stereocenters. The lowest BCUT2D eigenvalue weighted by Gasteiger charge is -2.25. The Morgan fingerprint density at radius 3 is 2.61 bits per heavy atom. The molecule has 2 heterocycles. The number of fused-ring (bicyclic) bond motifs is 1. The predicted octanol–water partition coefficient (Wildman–Crippen LogP) is 0.966. The van der Waals surface area contributed by atoms with Gasteiger partial charge in [0, 0.05) is 13.1 Å². The lowest BCUT2D eigenvalue weighted by Crippen LogP contribution is -2.46. The minimum atomic E-state index is -0.703. The number of furan rings is 1. The summed E-state index contributed by atoms with van der Waals surface area (Å²) in [5, 5.41) is 5.33. The number of carbonyl (C=O) groups excluding carboxylic acids is 2. The van der Waals surface area contributed by atoms with E-state index in [4.69, 9.17) is 13.9 Å². The summed E-state index contributed by atoms with van der Waals surface area (Å²) >= 11 is 0. The van der Waals surface area contributed by atoms with Crippen molar-refractivity contribution < 1.29 is 23.5 Å². The molecule has 7 nitrogen and oxygen atoms in total. The van der Waals surface area contributed by atoms with Gasteiger partial charge >= 0.3 is 0 Å². The molecule has 1 aromatic heterocycles. The van der Waals surface area contributed by atoms with Crippen molar-refractivity contribution in [1.29, 1.82) is 0 Å². The zero-order chi connectivity index (χ0) is 16.1. The van der Waals surface area contributed by atoms with Gasteiger partial charge in [-0.25, -0.2) is 0 Å². The zero-order valence-corrected chi connectivity index (χ0v) is 12.3. The van der Waals surface area contributed by atoms with Crippen LogP contribution in [0.5, 0.6) is 11.5 Å². The minimum absolute atomic E-state index is 0.154. The predicted molar refractivity (Wildman–Crippen MR) is 80.4 cm³/mol. The number of nitrogens with one attached hydrogen (secondary N) is 2. The third-order valence-corrected chi connectivity index (χ3v) is 3.26. The zero-order valence-electron chi connectivity index (χ0n) is 12.3. The lowest BCUT2D eigenvalue weighted by atomic mass is 10.2. The van der Waals surface area contributed by atoms with E-state index < -0.39 is 6.10 Å². The van der Waals surface area contributed by atoms with Crippen LogP contribution in [0.2, 0.25) is 0 Å². The topological polar surface area (TPSA) is 89.8 Å². The molecule has 1 aliphatic heterocycles. The highest BCUT2D eigenvalue weighted by atomic mass is 16.6. The van der Waals surface area contributed by atoms with Crippen molar-refractivity contribution in [2.45, 2.75) is 6.10 Å². The first kappa shape index (κ1) is 15.0. The van der Waals surface area contributed by atoms with Crippen molar-refractivity contribution in [3.8, 4) is 11.5 Å². The highest BCUT2D eigenvalue weighted by Gasteiger charge is 2.26. The molecule has 1 aromatic carbocycles. The number of hydrogen-bond donors (Lipinski definition) is 2. The van der Waals surface area contributed by atoms with Crippen molar-refractivity contribution in [2.75, 3.05) is 19.7 Å². The standard InChI is InChI=1S/C16H16N2O5/c19-15(13-6-3-9-21-13)17-7-8-18-16(20)14-10-22-11-4-1-2-5-12(11)23-14/h1-6,9,14H,7-8,10H2,(H,17,19)(H,18,20). The largest absolute Gasteiger partial charge is 0.485 e. The van der Waals surface area contributed by atoms with Gasteiger partial charge in [-0.15, -0.1) is 0 Å². The number of carbonyl (C=O) groups is 2. The van der Waals surface area contributed by atoms with Crippen LogP contribution in [0, 0.1) is 0 Å². The molecule has 23 heavy (non-hydrogen) atoms. The van der Waals surface area contributed by atoms with E-state index in [-0.39, 0.29) is 37.3 Å². The van der Waals surface area contributed by atoms with E-state index in [1.807, 2.05) is 12.1 Å². The molecule has 2 aromatic rings. The minimum Gasteiger partial charge on any atom is -0.485 e. The molecule has 0 saturated carbocycles. The number of amides is 2. The summed E-state index contributed by atoms with van der Waals surface area (Å²) in [6.45, 7) is 0.726. The molecule has 1 aliphatic rings. The summed E-state index contributed by atoms with van der Waals surface area (Å²) in [6, 6.07) is 10.4. The number of rotatable bonds is 5. The molecule has 0 aliphatic carbocycles. The first-order valence-electron chi connectivity index (χ1n) is 7.22. The van der Waals surface area contributed by atoms with Gasteiger partial charge in [-0.1, -0.05) is 12.1 Å². The summed E-state index contributed by atoms with van der Waals surface area (Å²) in [5.41, 5.74) is 0. The van der Waals surface area contributed by atoms with Gasteiger partial charge in [0.05, 0.1) is 6.26 Å². The van der Waals surface area contributed by atoms with Crippen molar-refractivity contribution >= 4 is 11.8 Å². The second-order valence-electron chi connectivity index (χ2n) is 4.89. The fraction of sp³-hybridized carbons (Fsp3) is 0.250. The lowest BCUT2D eigenvalue weighted by molar-refractivity contribution is -0.130. The van der Waals surface area contributed by atoms with E-state index in [2.05, 4.69) is 10.6 Å². The Morgan fingerprint density at radius 1 is 1.04 bits per heavy atom. The SMILES string of the molecule is O=C(NCCNC(=O)C1COc2ccccc2O1)c1ccco1. The molecule has 0 spiro atoms. The molecule has 2 amide bonds. The van der Waals surface area contributed by atoms with Crippen molar-refractivity contribution in [3.05, 3.63) is 48.4 Å². The number of hydrogen-bond acceptors (Lipinski definition) is 5. The van der Waals surface area contributed by atoms with Crippen LogP contribution in [0.4, 0.5) is 0 Å². The van der Waals surface area contributed by atoms with Gasteiger partial charge < -0.3 is 24.5 Å². The number of benzene rings is 1. The van der Waals surface area contributed by atoms with E-state index in [0.717, 1.165) is 0 Å². The molecule has 0 radical (unpaired) electrons. The van der Waals surface area contributed by atoms with Crippen LogP contribution >= 0.6 is 0 Å². The van der Waals surface area contributed by atoms with Crippen molar-refractivity contribution in [1.82, 2.24) is 10.6 Å². The summed E-state index contributed by atoms with van der Waals surface area (Å²) < 4.78 is 16.0. The average molecular weight is 316 g/mol. The maximum atomic E-state index is 12.0. The Morgan fingerprint density at radius 2 is 1.83 bits per heavy atom. The summed E-state index contributed by atoms with van der Waals surface area (Å²) in [6.07, 6.45) is 0.722. The van der Waals surface area contributed by atoms with Gasteiger partial charge in [-0.3, -0.25) is 9.59 Å². The Balaban J connectivity index is 1.41. The molecule has 1 unspecified atom stereocenters. The Hall–Kier alpha value is -2.96. The summed E-state index contributed by atoms with van der Waals surface area (Å²) in [4.78, 5) is 23.7. The van der Waals surface area contributed by atoms with Gasteiger partial charge in [-0.05, 0) is 24.3 Å². The maximum Gasteiger partial charge on any atom is 0.287 e. The molecule has 0 bridgehead atoms. The van der Waals surface area contributed by atoms with Gasteiger partial charge in [0.25, 0.3) is 11.8 Å². The monoisotopic (exact) mass is 316 g/mol. The highest BCUT2D eigenvalue weighted by molar-refractivity contribution is 5.91. The molecule has 2 N–H and O–H groups in total. The molecular weight excluding hydrogens is 300 g/mol. The van der Waals surface area contributed by atoms with Gasteiger partial charge in [0.15, 0.2) is 17.3 Å². The second-order valence-corrected chi connectivity index (χ2v) is 4.89. The van der Waals surface area contributed by atoms with Crippen LogP contribution in [-0.4, -0.2) is 37.6 Å². The third-order valence-electron chi connectivity index (χ3n) is 3.26. The van der Waals surface area contributed by atoms with E-state index in [1.54, 1.807) is 24.3 Å². The van der Waals surface area contributed by atoms with Crippen LogP contribution in [0.1, 0.15) is 10.6 Å². The molecule has 0 saturated heterocycles. The van der Waals surface area contributed by atoms with Crippen LogP contribution in [0.15, 0.2) is 47.1 Å². The van der Waals surface area contributed by atoms with Crippen LogP contribution in [0.3, 0.4) is 0 Å². The normalized spacial score (nSPS) is 15.7. The van der Waals surface area contributed by atoms with E-state index in [0.29, 0.717) is 11.5 Å². The van der Waals surface area contributed by atoms with Crippen LogP contribution in [0.25, 0.3) is 0 Å². The molecular formula is C16H16N2O5. The average Bonchev–Trinajstić information content (AvgIpc) is 3.12. The Labute approximate surface area is 132 Å². The van der Waals surface area contributed by atoms with E-state index in [9.17, 15) is 9.59 Å². The first-order chi connectivity index (χ1) is 11.2. The fourth-order valence-corrected chi connectivity index (χ4v) is 2.12. The molecule has 7 heteroatoms. The van der Waals surface area contributed by atoms with E-state index >= 15 is 0 Å². The summed E-state index contributed by atoms with van der Waals surface area (Å²) in [7, 11) is 0. The summed E-state index contributed by atoms with van der Waals surface area (Å²) in [5.74, 6) is 0.798. The Kier molecular flexibility index (Phi) is 4.46. The molecule has 0 fully saturated rings. The Bertz CT molecular complexity index is 684. The van der Waals surface area contributed by atoms with Gasteiger partial charge in [-0.2, -0.15) is 0 Å². The quantitative estimate of drug-likeness (QED) is 0.802. The maximum absolute atomic E-state index is 12.0. The molecule has 3 rings (SSSR count).